The fraction of sp³-hybridized carbons (Fsp3) is 0.188. The maximum Gasteiger partial charge on any atom is 0.339 e. The minimum absolute atomic E-state index is 0.337. The van der Waals surface area contributed by atoms with Gasteiger partial charge in [-0.2, -0.15) is 0 Å². The van der Waals surface area contributed by atoms with Gasteiger partial charge in [0.15, 0.2) is 0 Å². The van der Waals surface area contributed by atoms with Crippen LogP contribution in [-0.2, 0) is 16.1 Å². The molecule has 106 valence electrons. The van der Waals surface area contributed by atoms with E-state index in [1.165, 1.54) is 7.11 Å². The summed E-state index contributed by atoms with van der Waals surface area (Å²) in [5.41, 5.74) is 2.10. The van der Waals surface area contributed by atoms with Gasteiger partial charge in [0.05, 0.1) is 18.4 Å². The Morgan fingerprint density at radius 3 is 2.55 bits per heavy atom. The van der Waals surface area contributed by atoms with Gasteiger partial charge in [-0.1, -0.05) is 54.6 Å². The van der Waals surface area contributed by atoms with Crippen molar-refractivity contribution in [2.45, 2.75) is 13.5 Å². The molecule has 3 nitrogen and oxygen atoms in total. The number of esters is 1. The van der Waals surface area contributed by atoms with Crippen LogP contribution in [-0.4, -0.2) is 13.1 Å². The summed E-state index contributed by atoms with van der Waals surface area (Å²) in [5.74, 6) is -0.419. The topological polar surface area (TPSA) is 38.3 Å². The number of nitrogens with one attached hydrogen (secondary N) is 1. The zero-order valence-corrected chi connectivity index (χ0v) is 12.4. The highest BCUT2D eigenvalue weighted by molar-refractivity contribution is 6.31. The minimum atomic E-state index is -0.419. The Bertz CT molecular complexity index is 533. The van der Waals surface area contributed by atoms with Gasteiger partial charge < -0.3 is 10.1 Å². The summed E-state index contributed by atoms with van der Waals surface area (Å²) >= 11 is 5.81. The molecule has 4 heteroatoms. The number of hydrogen-bond donors (Lipinski definition) is 1. The zero-order chi connectivity index (χ0) is 15.0. The Hall–Kier alpha value is -2.00. The molecule has 0 aliphatic carbocycles. The number of hydrogen-bond acceptors (Lipinski definition) is 3. The van der Waals surface area contributed by atoms with Gasteiger partial charge in [0.2, 0.25) is 0 Å². The number of carbonyl (C=O) groups excluding carboxylic acids is 1. The third-order valence-electron chi connectivity index (χ3n) is 2.61. The molecule has 0 amide bonds. The van der Waals surface area contributed by atoms with Gasteiger partial charge in [0, 0.05) is 11.6 Å². The van der Waals surface area contributed by atoms with E-state index in [2.05, 4.69) is 11.9 Å². The number of rotatable bonds is 6. The standard InChI is InChI=1S/C16H18ClNO2/c1-4-14(16(19)20-3)15(10-12(2)17)18-11-13-8-6-5-7-9-13/h4-10,18H,2,11H2,1,3H3/b14-4+,15-10+. The Morgan fingerprint density at radius 1 is 1.40 bits per heavy atom. The van der Waals surface area contributed by atoms with E-state index in [0.29, 0.717) is 22.8 Å². The predicted molar refractivity (Wildman–Crippen MR) is 82.1 cm³/mol. The van der Waals surface area contributed by atoms with Crippen molar-refractivity contribution >= 4 is 17.6 Å². The minimum Gasteiger partial charge on any atom is -0.465 e. The molecule has 0 atom stereocenters. The van der Waals surface area contributed by atoms with E-state index < -0.39 is 5.97 Å². The van der Waals surface area contributed by atoms with Gasteiger partial charge in [-0.25, -0.2) is 4.79 Å². The maximum absolute atomic E-state index is 11.7. The molecule has 0 fully saturated rings. The lowest BCUT2D eigenvalue weighted by molar-refractivity contribution is -0.135. The summed E-state index contributed by atoms with van der Waals surface area (Å²) in [7, 11) is 1.34. The van der Waals surface area contributed by atoms with Crippen molar-refractivity contribution in [1.29, 1.82) is 0 Å². The van der Waals surface area contributed by atoms with Crippen LogP contribution in [0.25, 0.3) is 0 Å². The molecule has 20 heavy (non-hydrogen) atoms. The quantitative estimate of drug-likeness (QED) is 0.495. The lowest BCUT2D eigenvalue weighted by Crippen LogP contribution is -2.19. The highest BCUT2D eigenvalue weighted by Crippen LogP contribution is 2.14. The van der Waals surface area contributed by atoms with E-state index in [-0.39, 0.29) is 0 Å². The number of methoxy groups -OCH3 is 1. The van der Waals surface area contributed by atoms with E-state index in [4.69, 9.17) is 16.3 Å². The van der Waals surface area contributed by atoms with Crippen molar-refractivity contribution in [1.82, 2.24) is 5.32 Å². The van der Waals surface area contributed by atoms with Gasteiger partial charge in [-0.3, -0.25) is 0 Å². The van der Waals surface area contributed by atoms with Gasteiger partial charge in [-0.05, 0) is 18.6 Å². The Kier molecular flexibility index (Phi) is 6.60. The number of halogens is 1. The number of benzene rings is 1. The Morgan fingerprint density at radius 2 is 2.05 bits per heavy atom. The highest BCUT2D eigenvalue weighted by Gasteiger charge is 2.14. The molecule has 1 rings (SSSR count). The Balaban J connectivity index is 2.91. The van der Waals surface area contributed by atoms with Crippen molar-refractivity contribution in [3.05, 3.63) is 70.9 Å². The molecule has 0 aromatic heterocycles. The second-order valence-corrected chi connectivity index (χ2v) is 4.52. The molecular formula is C16H18ClNO2. The normalized spacial score (nSPS) is 11.9. The predicted octanol–water partition coefficient (Wildman–Crippen LogP) is 3.53. The van der Waals surface area contributed by atoms with E-state index in [9.17, 15) is 4.79 Å². The summed E-state index contributed by atoms with van der Waals surface area (Å²) in [4.78, 5) is 11.7. The molecule has 0 saturated heterocycles. The van der Waals surface area contributed by atoms with Crippen LogP contribution in [0.4, 0.5) is 0 Å². The largest absolute Gasteiger partial charge is 0.465 e. The van der Waals surface area contributed by atoms with Crippen molar-refractivity contribution < 1.29 is 9.53 Å². The average molecular weight is 292 g/mol. The van der Waals surface area contributed by atoms with Crippen LogP contribution in [0.2, 0.25) is 0 Å². The summed E-state index contributed by atoms with van der Waals surface area (Å²) < 4.78 is 4.76. The molecular weight excluding hydrogens is 274 g/mol. The molecule has 1 aromatic rings. The SMILES string of the molecule is C=C(Cl)/C=C(NCc1ccccc1)\C(=C/C)C(=O)OC. The average Bonchev–Trinajstić information content (AvgIpc) is 2.45. The second kappa shape index (κ2) is 8.23. The molecule has 0 spiro atoms. The third-order valence-corrected chi connectivity index (χ3v) is 2.72. The molecule has 1 aromatic carbocycles. The summed E-state index contributed by atoms with van der Waals surface area (Å²) in [5, 5.41) is 3.52. The van der Waals surface area contributed by atoms with Gasteiger partial charge in [0.25, 0.3) is 0 Å². The molecule has 0 heterocycles. The summed E-state index contributed by atoms with van der Waals surface area (Å²) in [6.45, 7) is 5.96. The number of allylic oxidation sites excluding steroid dienone is 3. The molecule has 0 saturated carbocycles. The number of ether oxygens (including phenoxy) is 1. The van der Waals surface area contributed by atoms with Gasteiger partial charge in [-0.15, -0.1) is 0 Å². The lowest BCUT2D eigenvalue weighted by Gasteiger charge is -2.13. The molecule has 0 bridgehead atoms. The summed E-state index contributed by atoms with van der Waals surface area (Å²) in [6.07, 6.45) is 3.28. The van der Waals surface area contributed by atoms with Crippen LogP contribution < -0.4 is 5.32 Å². The smallest absolute Gasteiger partial charge is 0.339 e. The third kappa shape index (κ3) is 4.94. The van der Waals surface area contributed by atoms with Crippen LogP contribution in [0, 0.1) is 0 Å². The number of carbonyl (C=O) groups is 1. The zero-order valence-electron chi connectivity index (χ0n) is 11.7. The molecule has 0 aliphatic heterocycles. The van der Waals surface area contributed by atoms with Crippen LogP contribution in [0.15, 0.2) is 65.4 Å². The summed E-state index contributed by atoms with van der Waals surface area (Å²) in [6, 6.07) is 9.85. The van der Waals surface area contributed by atoms with Gasteiger partial charge in [0.1, 0.15) is 0 Å². The monoisotopic (exact) mass is 291 g/mol. The van der Waals surface area contributed by atoms with Crippen LogP contribution in [0.1, 0.15) is 12.5 Å². The Labute approximate surface area is 124 Å². The lowest BCUT2D eigenvalue weighted by atomic mass is 10.1. The highest BCUT2D eigenvalue weighted by atomic mass is 35.5. The van der Waals surface area contributed by atoms with Crippen molar-refractivity contribution in [2.24, 2.45) is 0 Å². The molecule has 1 N–H and O–H groups in total. The second-order valence-electron chi connectivity index (χ2n) is 4.04. The van der Waals surface area contributed by atoms with E-state index in [1.807, 2.05) is 30.3 Å². The first-order chi connectivity index (χ1) is 9.58. The van der Waals surface area contributed by atoms with Crippen molar-refractivity contribution in [2.75, 3.05) is 7.11 Å². The van der Waals surface area contributed by atoms with Crippen LogP contribution in [0.5, 0.6) is 0 Å². The molecule has 0 radical (unpaired) electrons. The molecule has 0 unspecified atom stereocenters. The first kappa shape index (κ1) is 16.1. The van der Waals surface area contributed by atoms with E-state index in [1.54, 1.807) is 19.1 Å². The fourth-order valence-electron chi connectivity index (χ4n) is 1.67. The van der Waals surface area contributed by atoms with Crippen LogP contribution in [0.3, 0.4) is 0 Å². The van der Waals surface area contributed by atoms with E-state index >= 15 is 0 Å². The molecule has 0 aliphatic rings. The van der Waals surface area contributed by atoms with Crippen LogP contribution >= 0.6 is 11.6 Å². The maximum atomic E-state index is 11.7. The van der Waals surface area contributed by atoms with Gasteiger partial charge >= 0.3 is 5.97 Å². The first-order valence-corrected chi connectivity index (χ1v) is 6.55. The van der Waals surface area contributed by atoms with Crippen molar-refractivity contribution in [3.63, 3.8) is 0 Å². The van der Waals surface area contributed by atoms with E-state index in [0.717, 1.165) is 5.56 Å². The fourth-order valence-corrected chi connectivity index (χ4v) is 1.78. The van der Waals surface area contributed by atoms with Crippen molar-refractivity contribution in [3.8, 4) is 0 Å². The first-order valence-electron chi connectivity index (χ1n) is 6.17.